The van der Waals surface area contributed by atoms with E-state index in [0.717, 1.165) is 48.2 Å². The molecule has 0 unspecified atom stereocenters. The van der Waals surface area contributed by atoms with E-state index in [-0.39, 0.29) is 23.0 Å². The number of aromatic nitrogens is 4. The Labute approximate surface area is 222 Å². The van der Waals surface area contributed by atoms with Gasteiger partial charge in [-0.25, -0.2) is 28.4 Å². The third-order valence-electron chi connectivity index (χ3n) is 6.92. The van der Waals surface area contributed by atoms with Crippen LogP contribution in [-0.2, 0) is 21.2 Å². The maximum Gasteiger partial charge on any atom is 0.185 e. The van der Waals surface area contributed by atoms with E-state index in [1.807, 2.05) is 14.0 Å². The van der Waals surface area contributed by atoms with Gasteiger partial charge < -0.3 is 10.2 Å². The fourth-order valence-corrected chi connectivity index (χ4v) is 5.19. The van der Waals surface area contributed by atoms with Crippen LogP contribution in [0.15, 0.2) is 46.7 Å². The molecular formula is C27H31N7O3S. The van der Waals surface area contributed by atoms with Crippen LogP contribution in [0.25, 0.3) is 11.4 Å². The number of hydrogen-bond donors (Lipinski definition) is 1. The Morgan fingerprint density at radius 3 is 2.50 bits per heavy atom. The highest BCUT2D eigenvalue weighted by atomic mass is 32.2. The molecule has 0 spiro atoms. The first-order valence-corrected chi connectivity index (χ1v) is 14.5. The molecular weight excluding hydrogens is 502 g/mol. The van der Waals surface area contributed by atoms with Crippen molar-refractivity contribution in [1.82, 2.24) is 19.9 Å². The van der Waals surface area contributed by atoms with E-state index in [1.54, 1.807) is 43.7 Å². The number of anilines is 2. The summed E-state index contributed by atoms with van der Waals surface area (Å²) < 4.78 is 24.1. The van der Waals surface area contributed by atoms with Gasteiger partial charge >= 0.3 is 0 Å². The van der Waals surface area contributed by atoms with Crippen LogP contribution in [0.1, 0.15) is 55.5 Å². The molecule has 198 valence electrons. The first-order chi connectivity index (χ1) is 18.3. The van der Waals surface area contributed by atoms with Crippen molar-refractivity contribution in [3.05, 3.63) is 53.7 Å². The van der Waals surface area contributed by atoms with Crippen LogP contribution >= 0.6 is 0 Å². The second-order valence-electron chi connectivity index (χ2n) is 9.76. The molecule has 2 heterocycles. The van der Waals surface area contributed by atoms with E-state index in [0.29, 0.717) is 35.6 Å². The summed E-state index contributed by atoms with van der Waals surface area (Å²) >= 11 is 0. The van der Waals surface area contributed by atoms with E-state index >= 15 is 0 Å². The number of aliphatic imine (C=N–C) groups is 1. The van der Waals surface area contributed by atoms with Crippen molar-refractivity contribution in [1.29, 1.82) is 0 Å². The zero-order valence-electron chi connectivity index (χ0n) is 21.8. The van der Waals surface area contributed by atoms with Gasteiger partial charge in [-0.05, 0) is 50.3 Å². The molecule has 0 saturated heterocycles. The zero-order chi connectivity index (χ0) is 26.9. The largest absolute Gasteiger partial charge is 0.355 e. The number of rotatable bonds is 10. The molecule has 0 aliphatic heterocycles. The number of aldehydes is 1. The van der Waals surface area contributed by atoms with Gasteiger partial charge in [0.1, 0.15) is 12.0 Å². The lowest BCUT2D eigenvalue weighted by molar-refractivity contribution is -0.102. The first kappa shape index (κ1) is 25.9. The van der Waals surface area contributed by atoms with Gasteiger partial charge in [0, 0.05) is 19.0 Å². The van der Waals surface area contributed by atoms with Crippen molar-refractivity contribution in [2.75, 3.05) is 23.0 Å². The fourth-order valence-electron chi connectivity index (χ4n) is 4.31. The lowest BCUT2D eigenvalue weighted by atomic mass is 10.1. The third kappa shape index (κ3) is 5.57. The molecule has 0 bridgehead atoms. The number of carbonyl (C=O) groups is 1. The predicted molar refractivity (Wildman–Crippen MR) is 146 cm³/mol. The smallest absolute Gasteiger partial charge is 0.185 e. The van der Waals surface area contributed by atoms with Crippen molar-refractivity contribution in [3.63, 3.8) is 0 Å². The molecule has 0 atom stereocenters. The number of aryl methyl sites for hydroxylation is 1. The molecule has 1 aromatic carbocycles. The van der Waals surface area contributed by atoms with E-state index in [1.165, 1.54) is 0 Å². The Morgan fingerprint density at radius 1 is 1.13 bits per heavy atom. The lowest BCUT2D eigenvalue weighted by Gasteiger charge is -2.22. The summed E-state index contributed by atoms with van der Waals surface area (Å²) in [6.45, 7) is 3.77. The quantitative estimate of drug-likeness (QED) is 0.235. The minimum atomic E-state index is -3.27. The molecule has 10 nitrogen and oxygen atoms in total. The van der Waals surface area contributed by atoms with Gasteiger partial charge in [0.2, 0.25) is 0 Å². The highest BCUT2D eigenvalue weighted by molar-refractivity contribution is 7.91. The monoisotopic (exact) mass is 533 g/mol. The Bertz CT molecular complexity index is 1480. The van der Waals surface area contributed by atoms with Crippen molar-refractivity contribution in [2.45, 2.75) is 62.9 Å². The highest BCUT2D eigenvalue weighted by Crippen LogP contribution is 2.44. The second kappa shape index (κ2) is 10.6. The van der Waals surface area contributed by atoms with Crippen LogP contribution in [-0.4, -0.2) is 59.3 Å². The lowest BCUT2D eigenvalue weighted by Crippen LogP contribution is -2.24. The number of hydrogen-bond acceptors (Lipinski definition) is 9. The molecule has 0 radical (unpaired) electrons. The molecule has 5 rings (SSSR count). The van der Waals surface area contributed by atoms with Crippen LogP contribution in [0.3, 0.4) is 0 Å². The standard InChI is InChI=1S/C27H31N7O3S/c1-4-38(36,37)21-11-5-18(6-12-21)13-28-23(15-35)32-22-14-29-26(33-27(22)34(3)20-9-10-20)24-17(2)30-16-31-25(24)19-7-8-19/h5-6,11-12,14-16,19-20H,4,7-10,13H2,1-3H3,(H,28,32). The normalized spacial score (nSPS) is 15.8. The van der Waals surface area contributed by atoms with E-state index in [9.17, 15) is 13.2 Å². The van der Waals surface area contributed by atoms with Crippen LogP contribution in [0.4, 0.5) is 11.5 Å². The van der Waals surface area contributed by atoms with Gasteiger partial charge in [0.15, 0.2) is 33.6 Å². The van der Waals surface area contributed by atoms with Crippen LogP contribution in [0.2, 0.25) is 0 Å². The summed E-state index contributed by atoms with van der Waals surface area (Å²) in [5, 5.41) is 3.11. The topological polar surface area (TPSA) is 130 Å². The maximum absolute atomic E-state index is 12.0. The Morgan fingerprint density at radius 2 is 1.87 bits per heavy atom. The summed E-state index contributed by atoms with van der Waals surface area (Å²) in [5.74, 6) is 1.86. The maximum atomic E-state index is 12.0. The number of benzene rings is 1. The van der Waals surface area contributed by atoms with E-state index in [2.05, 4.69) is 30.2 Å². The number of amidine groups is 1. The van der Waals surface area contributed by atoms with Crippen molar-refractivity contribution < 1.29 is 13.2 Å². The van der Waals surface area contributed by atoms with E-state index < -0.39 is 9.84 Å². The molecule has 2 fully saturated rings. The molecule has 3 aromatic rings. The summed E-state index contributed by atoms with van der Waals surface area (Å²) in [4.78, 5) is 37.2. The van der Waals surface area contributed by atoms with Gasteiger partial charge in [0.25, 0.3) is 0 Å². The van der Waals surface area contributed by atoms with Gasteiger partial charge in [0.05, 0.1) is 40.3 Å². The SMILES string of the molecule is CCS(=O)(=O)c1ccc(CN=C(C=O)Nc2cnc(-c3c(C)ncnc3C3CC3)nc2N(C)C2CC2)cc1. The van der Waals surface area contributed by atoms with Gasteiger partial charge in [-0.1, -0.05) is 19.1 Å². The van der Waals surface area contributed by atoms with Crippen LogP contribution in [0, 0.1) is 6.92 Å². The first-order valence-electron chi connectivity index (χ1n) is 12.8. The average molecular weight is 534 g/mol. The molecule has 2 saturated carbocycles. The summed E-state index contributed by atoms with van der Waals surface area (Å²) in [6, 6.07) is 6.93. The minimum absolute atomic E-state index is 0.0426. The molecule has 0 amide bonds. The average Bonchev–Trinajstić information content (AvgIpc) is 3.84. The van der Waals surface area contributed by atoms with Crippen molar-refractivity contribution >= 4 is 33.5 Å². The van der Waals surface area contributed by atoms with Gasteiger partial charge in [-0.3, -0.25) is 9.79 Å². The summed E-state index contributed by atoms with van der Waals surface area (Å²) in [5.41, 5.74) is 4.09. The minimum Gasteiger partial charge on any atom is -0.355 e. The number of nitrogens with zero attached hydrogens (tertiary/aromatic N) is 6. The third-order valence-corrected chi connectivity index (χ3v) is 8.67. The summed E-state index contributed by atoms with van der Waals surface area (Å²) in [7, 11) is -1.27. The number of sulfone groups is 1. The molecule has 2 aliphatic carbocycles. The molecule has 2 aliphatic rings. The fraction of sp³-hybridized carbons (Fsp3) is 0.407. The molecule has 1 N–H and O–H groups in total. The second-order valence-corrected chi connectivity index (χ2v) is 12.0. The van der Waals surface area contributed by atoms with Crippen LogP contribution < -0.4 is 10.2 Å². The Kier molecular flexibility index (Phi) is 7.20. The number of carbonyl (C=O) groups excluding carboxylic acids is 1. The van der Waals surface area contributed by atoms with Gasteiger partial charge in [-0.15, -0.1) is 0 Å². The Balaban J connectivity index is 1.42. The van der Waals surface area contributed by atoms with Crippen molar-refractivity contribution in [3.8, 4) is 11.4 Å². The predicted octanol–water partition coefficient (Wildman–Crippen LogP) is 3.72. The molecule has 2 aromatic heterocycles. The zero-order valence-corrected chi connectivity index (χ0v) is 22.6. The van der Waals surface area contributed by atoms with Gasteiger partial charge in [-0.2, -0.15) is 0 Å². The molecule has 38 heavy (non-hydrogen) atoms. The highest BCUT2D eigenvalue weighted by Gasteiger charge is 2.32. The number of nitrogens with one attached hydrogen (secondary N) is 1. The van der Waals surface area contributed by atoms with Crippen molar-refractivity contribution in [2.24, 2.45) is 4.99 Å². The van der Waals surface area contributed by atoms with E-state index in [4.69, 9.17) is 4.98 Å². The summed E-state index contributed by atoms with van der Waals surface area (Å²) in [6.07, 6.45) is 8.31. The Hall–Kier alpha value is -3.73. The molecule has 11 heteroatoms. The van der Waals surface area contributed by atoms with Crippen LogP contribution in [0.5, 0.6) is 0 Å².